The molecule has 1 aromatic carbocycles. The summed E-state index contributed by atoms with van der Waals surface area (Å²) in [4.78, 5) is 27.1. The Bertz CT molecular complexity index is 889. The molecule has 1 fully saturated rings. The van der Waals surface area contributed by atoms with Crippen LogP contribution in [0.4, 0.5) is 4.39 Å². The number of alkyl halides is 1. The zero-order valence-electron chi connectivity index (χ0n) is 15.1. The van der Waals surface area contributed by atoms with Crippen LogP contribution in [-0.2, 0) is 17.8 Å². The van der Waals surface area contributed by atoms with Gasteiger partial charge in [0.2, 0.25) is 5.91 Å². The number of aryl methyl sites for hydroxylation is 2. The van der Waals surface area contributed by atoms with Crippen molar-refractivity contribution < 1.29 is 9.18 Å². The smallest absolute Gasteiger partial charge is 0.334 e. The largest absolute Gasteiger partial charge is 0.346 e. The highest BCUT2D eigenvalue weighted by Crippen LogP contribution is 2.30. The highest BCUT2D eigenvalue weighted by atomic mass is 19.1. The molecule has 2 aliphatic rings. The third-order valence-electron chi connectivity index (χ3n) is 5.22. The van der Waals surface area contributed by atoms with E-state index < -0.39 is 11.7 Å². The van der Waals surface area contributed by atoms with E-state index in [-0.39, 0.29) is 24.7 Å². The Labute approximate surface area is 151 Å². The lowest BCUT2D eigenvalue weighted by atomic mass is 9.95. The summed E-state index contributed by atoms with van der Waals surface area (Å²) in [5.41, 5.74) is 0.577. The van der Waals surface area contributed by atoms with Crippen LogP contribution >= 0.6 is 0 Å². The molecular formula is C19H23FN4O2. The van der Waals surface area contributed by atoms with Crippen molar-refractivity contribution in [3.63, 3.8) is 0 Å². The quantitative estimate of drug-likeness (QED) is 0.841. The molecule has 2 aromatic rings. The highest BCUT2D eigenvalue weighted by molar-refractivity contribution is 5.81. The number of halogens is 1. The molecule has 138 valence electrons. The third kappa shape index (κ3) is 2.95. The van der Waals surface area contributed by atoms with Crippen LogP contribution in [0.5, 0.6) is 0 Å². The van der Waals surface area contributed by atoms with Gasteiger partial charge in [0, 0.05) is 6.42 Å². The summed E-state index contributed by atoms with van der Waals surface area (Å²) in [5, 5.41) is 4.45. The zero-order valence-corrected chi connectivity index (χ0v) is 15.1. The highest BCUT2D eigenvalue weighted by Gasteiger charge is 2.44. The van der Waals surface area contributed by atoms with Crippen LogP contribution in [0.25, 0.3) is 0 Å². The Balaban J connectivity index is 1.60. The van der Waals surface area contributed by atoms with E-state index >= 15 is 0 Å². The van der Waals surface area contributed by atoms with E-state index in [1.165, 1.54) is 21.1 Å². The standard InChI is InChI=1S/C19H23FN4O2/c1-13-6-8-14(9-7-13)10-23-18(26)24-15(4-3-5-16(24)21-23)17(25)22-11-19(2,20)12-22/h6-9,15H,3-5,10-12H2,1-2H3. The van der Waals surface area contributed by atoms with Gasteiger partial charge in [0.05, 0.1) is 19.6 Å². The lowest BCUT2D eigenvalue weighted by molar-refractivity contribution is -0.148. The summed E-state index contributed by atoms with van der Waals surface area (Å²) < 4.78 is 16.7. The minimum atomic E-state index is -1.31. The first-order valence-electron chi connectivity index (χ1n) is 9.05. The molecule has 0 spiro atoms. The SMILES string of the molecule is Cc1ccc(Cn2nc3n(c2=O)C(C(=O)N2CC(C)(F)C2)CCC3)cc1. The molecule has 1 saturated heterocycles. The molecule has 0 saturated carbocycles. The van der Waals surface area contributed by atoms with Gasteiger partial charge in [-0.25, -0.2) is 13.9 Å². The Hall–Kier alpha value is -2.44. The first-order valence-corrected chi connectivity index (χ1v) is 9.05. The van der Waals surface area contributed by atoms with Crippen LogP contribution in [0, 0.1) is 6.92 Å². The Morgan fingerprint density at radius 3 is 2.65 bits per heavy atom. The molecule has 0 aliphatic carbocycles. The van der Waals surface area contributed by atoms with Crippen molar-refractivity contribution in [3.05, 3.63) is 51.7 Å². The average Bonchev–Trinajstić information content (AvgIpc) is 2.90. The predicted octanol–water partition coefficient (Wildman–Crippen LogP) is 1.85. The van der Waals surface area contributed by atoms with Crippen molar-refractivity contribution in [1.29, 1.82) is 0 Å². The van der Waals surface area contributed by atoms with E-state index in [1.807, 2.05) is 31.2 Å². The summed E-state index contributed by atoms with van der Waals surface area (Å²) in [7, 11) is 0. The second kappa shape index (κ2) is 6.07. The number of rotatable bonds is 3. The van der Waals surface area contributed by atoms with Crippen molar-refractivity contribution in [2.45, 2.75) is 51.4 Å². The fourth-order valence-electron chi connectivity index (χ4n) is 3.85. The number of benzene rings is 1. The first kappa shape index (κ1) is 17.0. The zero-order chi connectivity index (χ0) is 18.5. The first-order chi connectivity index (χ1) is 12.3. The van der Waals surface area contributed by atoms with Gasteiger partial charge in [0.15, 0.2) is 0 Å². The Kier molecular flexibility index (Phi) is 3.97. The Morgan fingerprint density at radius 1 is 1.31 bits per heavy atom. The lowest BCUT2D eigenvalue weighted by Crippen LogP contribution is -2.61. The topological polar surface area (TPSA) is 60.1 Å². The summed E-state index contributed by atoms with van der Waals surface area (Å²) in [6, 6.07) is 7.39. The monoisotopic (exact) mass is 358 g/mol. The van der Waals surface area contributed by atoms with Crippen LogP contribution in [0.1, 0.15) is 42.8 Å². The minimum Gasteiger partial charge on any atom is -0.334 e. The van der Waals surface area contributed by atoms with Gasteiger partial charge < -0.3 is 4.90 Å². The van der Waals surface area contributed by atoms with Gasteiger partial charge in [0.1, 0.15) is 17.5 Å². The number of nitrogens with zero attached hydrogens (tertiary/aromatic N) is 4. The summed E-state index contributed by atoms with van der Waals surface area (Å²) in [5.74, 6) is 0.480. The number of carbonyl (C=O) groups is 1. The molecule has 2 aliphatic heterocycles. The maximum absolute atomic E-state index is 13.8. The molecule has 26 heavy (non-hydrogen) atoms. The van der Waals surface area contributed by atoms with Gasteiger partial charge in [-0.2, -0.15) is 5.10 Å². The maximum atomic E-state index is 13.8. The van der Waals surface area contributed by atoms with E-state index in [0.717, 1.165) is 17.5 Å². The molecule has 1 aromatic heterocycles. The van der Waals surface area contributed by atoms with E-state index in [1.54, 1.807) is 0 Å². The molecule has 0 N–H and O–H groups in total. The fourth-order valence-corrected chi connectivity index (χ4v) is 3.85. The third-order valence-corrected chi connectivity index (χ3v) is 5.22. The van der Waals surface area contributed by atoms with Crippen LogP contribution in [0.2, 0.25) is 0 Å². The van der Waals surface area contributed by atoms with E-state index in [2.05, 4.69) is 5.10 Å². The predicted molar refractivity (Wildman–Crippen MR) is 94.8 cm³/mol. The fraction of sp³-hybridized carbons (Fsp3) is 0.526. The average molecular weight is 358 g/mol. The van der Waals surface area contributed by atoms with Crippen molar-refractivity contribution >= 4 is 5.91 Å². The lowest BCUT2D eigenvalue weighted by Gasteiger charge is -2.44. The number of carbonyl (C=O) groups excluding carboxylic acids is 1. The molecule has 3 heterocycles. The van der Waals surface area contributed by atoms with Gasteiger partial charge >= 0.3 is 5.69 Å². The van der Waals surface area contributed by atoms with Crippen LogP contribution < -0.4 is 5.69 Å². The van der Waals surface area contributed by atoms with Crippen molar-refractivity contribution in [2.75, 3.05) is 13.1 Å². The van der Waals surface area contributed by atoms with Gasteiger partial charge in [-0.1, -0.05) is 29.8 Å². The van der Waals surface area contributed by atoms with Gasteiger partial charge in [-0.05, 0) is 32.3 Å². The van der Waals surface area contributed by atoms with Gasteiger partial charge in [-0.15, -0.1) is 0 Å². The number of likely N-dealkylation sites (tertiary alicyclic amines) is 1. The van der Waals surface area contributed by atoms with Crippen molar-refractivity contribution in [2.24, 2.45) is 0 Å². The summed E-state index contributed by atoms with van der Waals surface area (Å²) in [6.07, 6.45) is 2.08. The van der Waals surface area contributed by atoms with Crippen molar-refractivity contribution in [3.8, 4) is 0 Å². The Morgan fingerprint density at radius 2 is 2.00 bits per heavy atom. The molecule has 1 amide bonds. The molecule has 1 unspecified atom stereocenters. The second-order valence-corrected chi connectivity index (χ2v) is 7.73. The number of aromatic nitrogens is 3. The van der Waals surface area contributed by atoms with Crippen LogP contribution in [0.3, 0.4) is 0 Å². The summed E-state index contributed by atoms with van der Waals surface area (Å²) in [6.45, 7) is 4.09. The van der Waals surface area contributed by atoms with Gasteiger partial charge in [0.25, 0.3) is 0 Å². The molecule has 7 heteroatoms. The molecule has 0 bridgehead atoms. The molecule has 4 rings (SSSR count). The van der Waals surface area contributed by atoms with E-state index in [0.29, 0.717) is 25.2 Å². The number of hydrogen-bond donors (Lipinski definition) is 0. The molecule has 6 nitrogen and oxygen atoms in total. The second-order valence-electron chi connectivity index (χ2n) is 7.73. The minimum absolute atomic E-state index is 0.101. The number of amides is 1. The van der Waals surface area contributed by atoms with E-state index in [4.69, 9.17) is 0 Å². The van der Waals surface area contributed by atoms with Gasteiger partial charge in [-0.3, -0.25) is 9.36 Å². The van der Waals surface area contributed by atoms with E-state index in [9.17, 15) is 14.0 Å². The number of hydrogen-bond acceptors (Lipinski definition) is 3. The summed E-state index contributed by atoms with van der Waals surface area (Å²) >= 11 is 0. The molecule has 0 radical (unpaired) electrons. The van der Waals surface area contributed by atoms with Crippen LogP contribution in [0.15, 0.2) is 29.1 Å². The number of fused-ring (bicyclic) bond motifs is 1. The van der Waals surface area contributed by atoms with Crippen molar-refractivity contribution in [1.82, 2.24) is 19.2 Å². The maximum Gasteiger partial charge on any atom is 0.346 e. The molecular weight excluding hydrogens is 335 g/mol. The normalized spacial score (nSPS) is 21.2. The molecule has 1 atom stereocenters. The van der Waals surface area contributed by atoms with Crippen LogP contribution in [-0.4, -0.2) is 43.9 Å².